The third-order valence-electron chi connectivity index (χ3n) is 2.70. The molecular weight excluding hydrogens is 268 g/mol. The molecule has 0 amide bonds. The van der Waals surface area contributed by atoms with Gasteiger partial charge in [0.1, 0.15) is 11.3 Å². The second kappa shape index (κ2) is 4.54. The molecule has 0 bridgehead atoms. The summed E-state index contributed by atoms with van der Waals surface area (Å²) in [5, 5.41) is 56.2. The van der Waals surface area contributed by atoms with E-state index >= 15 is 0 Å². The number of benzene rings is 2. The van der Waals surface area contributed by atoms with E-state index in [0.717, 1.165) is 18.2 Å². The van der Waals surface area contributed by atoms with E-state index < -0.39 is 45.8 Å². The Bertz CT molecular complexity index is 706. The van der Waals surface area contributed by atoms with Gasteiger partial charge in [-0.05, 0) is 18.2 Å². The van der Waals surface area contributed by atoms with Crippen molar-refractivity contribution in [3.63, 3.8) is 0 Å². The van der Waals surface area contributed by atoms with Gasteiger partial charge >= 0.3 is 0 Å². The molecule has 104 valence electrons. The first-order valence-corrected chi connectivity index (χ1v) is 5.36. The Morgan fingerprint density at radius 1 is 0.700 bits per heavy atom. The maximum Gasteiger partial charge on any atom is 0.201 e. The van der Waals surface area contributed by atoms with Crippen molar-refractivity contribution in [2.45, 2.75) is 0 Å². The van der Waals surface area contributed by atoms with Crippen LogP contribution in [0.2, 0.25) is 0 Å². The molecule has 0 fully saturated rings. The van der Waals surface area contributed by atoms with Gasteiger partial charge in [0.05, 0.1) is 0 Å². The van der Waals surface area contributed by atoms with Gasteiger partial charge in [0.25, 0.3) is 0 Å². The lowest BCUT2D eigenvalue weighted by atomic mass is 10.00. The lowest BCUT2D eigenvalue weighted by Gasteiger charge is -2.09. The van der Waals surface area contributed by atoms with Crippen LogP contribution in [0.15, 0.2) is 24.3 Å². The van der Waals surface area contributed by atoms with Gasteiger partial charge in [0.15, 0.2) is 23.0 Å². The van der Waals surface area contributed by atoms with Crippen LogP contribution in [0.1, 0.15) is 15.9 Å². The number of hydrogen-bond acceptors (Lipinski definition) is 7. The molecule has 0 aromatic heterocycles. The van der Waals surface area contributed by atoms with E-state index in [1.807, 2.05) is 0 Å². The van der Waals surface area contributed by atoms with E-state index in [4.69, 9.17) is 5.11 Å². The summed E-state index contributed by atoms with van der Waals surface area (Å²) in [5.74, 6) is -5.37. The molecule has 7 heteroatoms. The molecule has 2 aromatic rings. The largest absolute Gasteiger partial charge is 0.507 e. The third kappa shape index (κ3) is 2.01. The van der Waals surface area contributed by atoms with Crippen LogP contribution in [-0.2, 0) is 0 Å². The molecule has 0 saturated carbocycles. The molecule has 7 nitrogen and oxygen atoms in total. The number of carbonyl (C=O) groups is 1. The zero-order chi connectivity index (χ0) is 15.0. The van der Waals surface area contributed by atoms with Crippen molar-refractivity contribution in [1.29, 1.82) is 0 Å². The smallest absolute Gasteiger partial charge is 0.201 e. The Morgan fingerprint density at radius 2 is 1.35 bits per heavy atom. The third-order valence-corrected chi connectivity index (χ3v) is 2.70. The molecule has 20 heavy (non-hydrogen) atoms. The number of phenols is 6. The van der Waals surface area contributed by atoms with Crippen LogP contribution in [0.3, 0.4) is 0 Å². The normalized spacial score (nSPS) is 10.4. The highest BCUT2D eigenvalue weighted by atomic mass is 16.3. The highest BCUT2D eigenvalue weighted by molar-refractivity contribution is 6.13. The molecule has 2 aromatic carbocycles. The highest BCUT2D eigenvalue weighted by Crippen LogP contribution is 2.43. The molecule has 0 spiro atoms. The number of phenolic OH excluding ortho intramolecular Hbond substituents is 6. The SMILES string of the molecule is O=C(c1ccc(O)c(O)c1)c1c(O)cc(O)c(O)c1O. The number of carbonyl (C=O) groups excluding carboxylic acids is 1. The van der Waals surface area contributed by atoms with Crippen molar-refractivity contribution in [2.75, 3.05) is 0 Å². The zero-order valence-electron chi connectivity index (χ0n) is 9.90. The second-order valence-electron chi connectivity index (χ2n) is 4.02. The van der Waals surface area contributed by atoms with E-state index in [1.54, 1.807) is 0 Å². The Morgan fingerprint density at radius 3 is 1.95 bits per heavy atom. The minimum absolute atomic E-state index is 0.143. The summed E-state index contributed by atoms with van der Waals surface area (Å²) in [6.07, 6.45) is 0. The zero-order valence-corrected chi connectivity index (χ0v) is 9.90. The van der Waals surface area contributed by atoms with Gasteiger partial charge in [-0.2, -0.15) is 0 Å². The molecule has 6 N–H and O–H groups in total. The number of rotatable bonds is 2. The van der Waals surface area contributed by atoms with Gasteiger partial charge in [0.2, 0.25) is 11.5 Å². The topological polar surface area (TPSA) is 138 Å². The Balaban J connectivity index is 2.59. The first-order valence-electron chi connectivity index (χ1n) is 5.36. The summed E-state index contributed by atoms with van der Waals surface area (Å²) in [6.45, 7) is 0. The molecule has 0 radical (unpaired) electrons. The van der Waals surface area contributed by atoms with Crippen molar-refractivity contribution in [3.8, 4) is 34.5 Å². The van der Waals surface area contributed by atoms with E-state index in [0.29, 0.717) is 6.07 Å². The summed E-state index contributed by atoms with van der Waals surface area (Å²) in [6, 6.07) is 3.83. The van der Waals surface area contributed by atoms with Crippen LogP contribution >= 0.6 is 0 Å². The van der Waals surface area contributed by atoms with Crippen LogP contribution in [0.4, 0.5) is 0 Å². The average molecular weight is 278 g/mol. The lowest BCUT2D eigenvalue weighted by molar-refractivity contribution is 0.103. The summed E-state index contributed by atoms with van der Waals surface area (Å²) >= 11 is 0. The highest BCUT2D eigenvalue weighted by Gasteiger charge is 2.24. The molecule has 0 saturated heterocycles. The van der Waals surface area contributed by atoms with Crippen LogP contribution in [0.5, 0.6) is 34.5 Å². The molecule has 0 aliphatic rings. The Kier molecular flexibility index (Phi) is 3.03. The van der Waals surface area contributed by atoms with Crippen molar-refractivity contribution in [3.05, 3.63) is 35.4 Å². The maximum absolute atomic E-state index is 12.1. The second-order valence-corrected chi connectivity index (χ2v) is 4.02. The monoisotopic (exact) mass is 278 g/mol. The predicted molar refractivity (Wildman–Crippen MR) is 66.3 cm³/mol. The average Bonchev–Trinajstić information content (AvgIpc) is 2.39. The van der Waals surface area contributed by atoms with E-state index in [-0.39, 0.29) is 5.56 Å². The van der Waals surface area contributed by atoms with Crippen molar-refractivity contribution >= 4 is 5.78 Å². The predicted octanol–water partition coefficient (Wildman–Crippen LogP) is 1.15. The van der Waals surface area contributed by atoms with E-state index in [1.165, 1.54) is 0 Å². The van der Waals surface area contributed by atoms with Crippen LogP contribution in [0, 0.1) is 0 Å². The molecule has 0 unspecified atom stereocenters. The molecule has 0 atom stereocenters. The van der Waals surface area contributed by atoms with Crippen LogP contribution < -0.4 is 0 Å². The summed E-state index contributed by atoms with van der Waals surface area (Å²) in [7, 11) is 0. The van der Waals surface area contributed by atoms with Gasteiger partial charge < -0.3 is 30.6 Å². The fraction of sp³-hybridized carbons (Fsp3) is 0. The molecular formula is C13H10O7. The molecule has 2 rings (SSSR count). The first-order chi connectivity index (χ1) is 9.32. The Labute approximate surface area is 112 Å². The van der Waals surface area contributed by atoms with Crippen molar-refractivity contribution in [2.24, 2.45) is 0 Å². The maximum atomic E-state index is 12.1. The number of ketones is 1. The molecule has 0 aliphatic carbocycles. The number of hydrogen-bond donors (Lipinski definition) is 6. The number of aromatic hydroxyl groups is 6. The molecule has 0 aliphatic heterocycles. The van der Waals surface area contributed by atoms with Gasteiger partial charge in [-0.15, -0.1) is 0 Å². The van der Waals surface area contributed by atoms with E-state index in [2.05, 4.69) is 0 Å². The minimum Gasteiger partial charge on any atom is -0.507 e. The van der Waals surface area contributed by atoms with E-state index in [9.17, 15) is 30.3 Å². The standard InChI is InChI=1S/C13H10O7/c14-6-2-1-5(3-7(6)15)11(18)10-8(16)4-9(17)12(19)13(10)20/h1-4,14-17,19-20H. The first kappa shape index (κ1) is 13.3. The summed E-state index contributed by atoms with van der Waals surface area (Å²) in [5.41, 5.74) is -0.777. The molecule has 0 heterocycles. The fourth-order valence-electron chi connectivity index (χ4n) is 1.66. The fourth-order valence-corrected chi connectivity index (χ4v) is 1.66. The van der Waals surface area contributed by atoms with Gasteiger partial charge in [-0.1, -0.05) is 0 Å². The van der Waals surface area contributed by atoms with Gasteiger partial charge in [-0.25, -0.2) is 0 Å². The Hall–Kier alpha value is -3.09. The lowest BCUT2D eigenvalue weighted by Crippen LogP contribution is -2.02. The van der Waals surface area contributed by atoms with Crippen LogP contribution in [0.25, 0.3) is 0 Å². The quantitative estimate of drug-likeness (QED) is 0.275. The van der Waals surface area contributed by atoms with Gasteiger partial charge in [0, 0.05) is 11.6 Å². The van der Waals surface area contributed by atoms with Gasteiger partial charge in [-0.3, -0.25) is 4.79 Å². The van der Waals surface area contributed by atoms with Crippen LogP contribution in [-0.4, -0.2) is 36.4 Å². The summed E-state index contributed by atoms with van der Waals surface area (Å²) < 4.78 is 0. The van der Waals surface area contributed by atoms with Crippen molar-refractivity contribution < 1.29 is 35.4 Å². The van der Waals surface area contributed by atoms with Crippen molar-refractivity contribution in [1.82, 2.24) is 0 Å². The minimum atomic E-state index is -0.986. The summed E-state index contributed by atoms with van der Waals surface area (Å²) in [4.78, 5) is 12.1.